The summed E-state index contributed by atoms with van der Waals surface area (Å²) in [5.41, 5.74) is 2.13. The van der Waals surface area contributed by atoms with Gasteiger partial charge in [-0.05, 0) is 49.5 Å². The van der Waals surface area contributed by atoms with E-state index in [1.54, 1.807) is 6.07 Å². The number of carboxylic acids is 1. The minimum absolute atomic E-state index is 0.281. The van der Waals surface area contributed by atoms with Crippen LogP contribution >= 0.6 is 11.8 Å². The van der Waals surface area contributed by atoms with Gasteiger partial charge >= 0.3 is 5.97 Å². The number of rotatable bonds is 7. The number of aryl methyl sites for hydroxylation is 1. The normalized spacial score (nSPS) is 12.2. The SMILES string of the molecule is CCSCCC(C)Nc1cc(C)ccc1C(=O)O. The molecule has 1 aromatic rings. The van der Waals surface area contributed by atoms with E-state index >= 15 is 0 Å². The minimum atomic E-state index is -0.882. The Morgan fingerprint density at radius 1 is 1.50 bits per heavy atom. The number of thioether (sulfide) groups is 1. The second-order valence-electron chi connectivity index (χ2n) is 4.39. The first-order chi connectivity index (χ1) is 8.54. The van der Waals surface area contributed by atoms with Gasteiger partial charge in [0.25, 0.3) is 0 Å². The molecule has 1 unspecified atom stereocenters. The van der Waals surface area contributed by atoms with E-state index in [9.17, 15) is 4.79 Å². The summed E-state index contributed by atoms with van der Waals surface area (Å²) in [6, 6.07) is 5.66. The molecule has 18 heavy (non-hydrogen) atoms. The van der Waals surface area contributed by atoms with Gasteiger partial charge in [0.15, 0.2) is 0 Å². The van der Waals surface area contributed by atoms with Gasteiger partial charge in [-0.2, -0.15) is 11.8 Å². The van der Waals surface area contributed by atoms with E-state index in [4.69, 9.17) is 5.11 Å². The molecule has 0 fully saturated rings. The number of carboxylic acid groups (broad SMARTS) is 1. The summed E-state index contributed by atoms with van der Waals surface area (Å²) in [4.78, 5) is 11.1. The van der Waals surface area contributed by atoms with Gasteiger partial charge in [0.05, 0.1) is 5.56 Å². The molecule has 0 amide bonds. The van der Waals surface area contributed by atoms with E-state index in [2.05, 4.69) is 19.2 Å². The first-order valence-corrected chi connectivity index (χ1v) is 7.38. The van der Waals surface area contributed by atoms with Gasteiger partial charge in [-0.15, -0.1) is 0 Å². The van der Waals surface area contributed by atoms with Crippen LogP contribution in [-0.4, -0.2) is 28.6 Å². The zero-order chi connectivity index (χ0) is 13.5. The maximum Gasteiger partial charge on any atom is 0.337 e. The Morgan fingerprint density at radius 3 is 2.83 bits per heavy atom. The first kappa shape index (κ1) is 14.9. The molecule has 0 aromatic heterocycles. The lowest BCUT2D eigenvalue weighted by Crippen LogP contribution is -2.18. The van der Waals surface area contributed by atoms with Crippen molar-refractivity contribution in [2.75, 3.05) is 16.8 Å². The van der Waals surface area contributed by atoms with Gasteiger partial charge in [0.2, 0.25) is 0 Å². The molecule has 0 heterocycles. The molecule has 0 bridgehead atoms. The predicted molar refractivity (Wildman–Crippen MR) is 78.8 cm³/mol. The number of nitrogens with one attached hydrogen (secondary N) is 1. The fraction of sp³-hybridized carbons (Fsp3) is 0.500. The van der Waals surface area contributed by atoms with Crippen LogP contribution in [0.5, 0.6) is 0 Å². The second kappa shape index (κ2) is 7.31. The van der Waals surface area contributed by atoms with Crippen LogP contribution in [0, 0.1) is 6.92 Å². The molecular formula is C14H21NO2S. The number of hydrogen-bond donors (Lipinski definition) is 2. The Hall–Kier alpha value is -1.16. The highest BCUT2D eigenvalue weighted by atomic mass is 32.2. The molecule has 0 saturated heterocycles. The van der Waals surface area contributed by atoms with Crippen molar-refractivity contribution in [3.8, 4) is 0 Å². The van der Waals surface area contributed by atoms with E-state index in [1.165, 1.54) is 0 Å². The van der Waals surface area contributed by atoms with Gasteiger partial charge in [-0.3, -0.25) is 0 Å². The number of benzene rings is 1. The van der Waals surface area contributed by atoms with Crippen LogP contribution in [0.15, 0.2) is 18.2 Å². The Balaban J connectivity index is 2.70. The highest BCUT2D eigenvalue weighted by Gasteiger charge is 2.11. The van der Waals surface area contributed by atoms with Crippen LogP contribution in [0.1, 0.15) is 36.2 Å². The number of anilines is 1. The summed E-state index contributed by atoms with van der Waals surface area (Å²) in [5.74, 6) is 1.34. The van der Waals surface area contributed by atoms with Gasteiger partial charge in [0, 0.05) is 11.7 Å². The molecule has 0 aliphatic carbocycles. The zero-order valence-corrected chi connectivity index (χ0v) is 12.0. The zero-order valence-electron chi connectivity index (χ0n) is 11.2. The van der Waals surface area contributed by atoms with Gasteiger partial charge in [0.1, 0.15) is 0 Å². The average Bonchev–Trinajstić information content (AvgIpc) is 2.29. The highest BCUT2D eigenvalue weighted by molar-refractivity contribution is 7.99. The number of carbonyl (C=O) groups is 1. The number of aromatic carboxylic acids is 1. The Kier molecular flexibility index (Phi) is 6.05. The molecule has 1 aromatic carbocycles. The van der Waals surface area contributed by atoms with Gasteiger partial charge < -0.3 is 10.4 Å². The van der Waals surface area contributed by atoms with Crippen molar-refractivity contribution in [3.05, 3.63) is 29.3 Å². The van der Waals surface area contributed by atoms with Gasteiger partial charge in [-0.25, -0.2) is 4.79 Å². The molecular weight excluding hydrogens is 246 g/mol. The summed E-state index contributed by atoms with van der Waals surface area (Å²) in [7, 11) is 0. The fourth-order valence-electron chi connectivity index (χ4n) is 1.71. The molecule has 1 rings (SSSR count). The molecule has 0 saturated carbocycles. The third kappa shape index (κ3) is 4.61. The van der Waals surface area contributed by atoms with Crippen molar-refractivity contribution in [2.45, 2.75) is 33.2 Å². The summed E-state index contributed by atoms with van der Waals surface area (Å²) in [5, 5.41) is 12.4. The molecule has 0 spiro atoms. The second-order valence-corrected chi connectivity index (χ2v) is 5.78. The molecule has 0 aliphatic heterocycles. The molecule has 4 heteroatoms. The van der Waals surface area contributed by atoms with Crippen molar-refractivity contribution < 1.29 is 9.90 Å². The quantitative estimate of drug-likeness (QED) is 0.741. The maximum atomic E-state index is 11.1. The van der Waals surface area contributed by atoms with Gasteiger partial charge in [-0.1, -0.05) is 13.0 Å². The van der Waals surface area contributed by atoms with Crippen molar-refractivity contribution in [2.24, 2.45) is 0 Å². The van der Waals surface area contributed by atoms with Crippen molar-refractivity contribution in [1.29, 1.82) is 0 Å². The largest absolute Gasteiger partial charge is 0.478 e. The van der Waals surface area contributed by atoms with E-state index in [0.29, 0.717) is 5.56 Å². The molecule has 2 N–H and O–H groups in total. The molecule has 3 nitrogen and oxygen atoms in total. The lowest BCUT2D eigenvalue weighted by Gasteiger charge is -2.17. The molecule has 0 aliphatic rings. The number of hydrogen-bond acceptors (Lipinski definition) is 3. The van der Waals surface area contributed by atoms with E-state index in [1.807, 2.05) is 30.8 Å². The van der Waals surface area contributed by atoms with Crippen molar-refractivity contribution >= 4 is 23.4 Å². The molecule has 100 valence electrons. The summed E-state index contributed by atoms with van der Waals surface area (Å²) in [6.45, 7) is 6.20. The third-order valence-electron chi connectivity index (χ3n) is 2.71. The van der Waals surface area contributed by atoms with Crippen LogP contribution in [-0.2, 0) is 0 Å². The summed E-state index contributed by atoms with van der Waals surface area (Å²) in [6.07, 6.45) is 1.03. The Morgan fingerprint density at radius 2 is 2.22 bits per heavy atom. The van der Waals surface area contributed by atoms with Crippen LogP contribution < -0.4 is 5.32 Å². The maximum absolute atomic E-state index is 11.1. The lowest BCUT2D eigenvalue weighted by atomic mass is 10.1. The third-order valence-corrected chi connectivity index (χ3v) is 3.64. The first-order valence-electron chi connectivity index (χ1n) is 6.22. The Labute approximate surface area is 113 Å². The van der Waals surface area contributed by atoms with Crippen LogP contribution in [0.25, 0.3) is 0 Å². The van der Waals surface area contributed by atoms with Crippen LogP contribution in [0.2, 0.25) is 0 Å². The fourth-order valence-corrected chi connectivity index (χ4v) is 2.51. The summed E-state index contributed by atoms with van der Waals surface area (Å²) >= 11 is 1.90. The van der Waals surface area contributed by atoms with E-state index in [-0.39, 0.29) is 6.04 Å². The van der Waals surface area contributed by atoms with Crippen molar-refractivity contribution in [3.63, 3.8) is 0 Å². The topological polar surface area (TPSA) is 49.3 Å². The summed E-state index contributed by atoms with van der Waals surface area (Å²) < 4.78 is 0. The monoisotopic (exact) mass is 267 g/mol. The van der Waals surface area contributed by atoms with E-state index < -0.39 is 5.97 Å². The smallest absolute Gasteiger partial charge is 0.337 e. The minimum Gasteiger partial charge on any atom is -0.478 e. The van der Waals surface area contributed by atoms with Crippen LogP contribution in [0.4, 0.5) is 5.69 Å². The average molecular weight is 267 g/mol. The lowest BCUT2D eigenvalue weighted by molar-refractivity contribution is 0.0698. The Bertz CT molecular complexity index is 407. The predicted octanol–water partition coefficient (Wildman–Crippen LogP) is 3.64. The highest BCUT2D eigenvalue weighted by Crippen LogP contribution is 2.19. The van der Waals surface area contributed by atoms with Crippen molar-refractivity contribution in [1.82, 2.24) is 0 Å². The molecule has 0 radical (unpaired) electrons. The van der Waals surface area contributed by atoms with Crippen LogP contribution in [0.3, 0.4) is 0 Å². The van der Waals surface area contributed by atoms with E-state index in [0.717, 1.165) is 29.2 Å². The standard InChI is InChI=1S/C14H21NO2S/c1-4-18-8-7-11(3)15-13-9-10(2)5-6-12(13)14(16)17/h5-6,9,11,15H,4,7-8H2,1-3H3,(H,16,17). The molecule has 1 atom stereocenters.